The quantitative estimate of drug-likeness (QED) is 0.0524. The minimum Gasteiger partial charge on any atom is -0.488 e. The summed E-state index contributed by atoms with van der Waals surface area (Å²) in [7, 11) is 0. The highest BCUT2D eigenvalue weighted by Crippen LogP contribution is 2.26. The van der Waals surface area contributed by atoms with E-state index in [1.54, 1.807) is 4.90 Å². The summed E-state index contributed by atoms with van der Waals surface area (Å²) in [5.74, 6) is 2.26. The van der Waals surface area contributed by atoms with Crippen molar-refractivity contribution in [1.29, 1.82) is 0 Å². The number of benzene rings is 3. The molecule has 12 nitrogen and oxygen atoms in total. The van der Waals surface area contributed by atoms with Crippen molar-refractivity contribution in [3.05, 3.63) is 101 Å². The number of hydrazine groups is 1. The second-order valence-electron chi connectivity index (χ2n) is 13.6. The highest BCUT2D eigenvalue weighted by molar-refractivity contribution is 5.89. The van der Waals surface area contributed by atoms with Gasteiger partial charge in [0.2, 0.25) is 11.8 Å². The average Bonchev–Trinajstić information content (AvgIpc) is 3.14. The molecule has 0 aliphatic rings. The second-order valence-corrected chi connectivity index (χ2v) is 13.6. The Morgan fingerprint density at radius 1 is 0.964 bits per heavy atom. The smallest absolute Gasteiger partial charge is 0.329 e. The van der Waals surface area contributed by atoms with Crippen molar-refractivity contribution >= 4 is 36.3 Å². The van der Waals surface area contributed by atoms with Crippen LogP contribution in [0.1, 0.15) is 63.8 Å². The molecule has 3 aromatic rings. The number of hydrogen-bond acceptors (Lipinski definition) is 8. The molecule has 12 heteroatoms. The number of aliphatic imine (C=N–C) groups is 1. The zero-order valence-electron chi connectivity index (χ0n) is 33.0. The molecule has 0 heterocycles. The summed E-state index contributed by atoms with van der Waals surface area (Å²) in [5.41, 5.74) is 6.26. The molecule has 0 saturated carbocycles. The van der Waals surface area contributed by atoms with Crippen molar-refractivity contribution in [2.45, 2.75) is 79.0 Å². The molecule has 0 radical (unpaired) electrons. The Hall–Kier alpha value is -5.48. The maximum absolute atomic E-state index is 14.8. The molecule has 55 heavy (non-hydrogen) atoms. The maximum atomic E-state index is 14.8. The van der Waals surface area contributed by atoms with Crippen molar-refractivity contribution in [2.24, 2.45) is 4.99 Å². The number of carbonyl (C=O) groups is 3. The molecule has 294 valence electrons. The molecule has 0 fully saturated rings. The van der Waals surface area contributed by atoms with Crippen molar-refractivity contribution in [3.8, 4) is 18.1 Å². The van der Waals surface area contributed by atoms with E-state index in [9.17, 15) is 14.4 Å². The largest absolute Gasteiger partial charge is 0.488 e. The van der Waals surface area contributed by atoms with Crippen LogP contribution in [0.4, 0.5) is 10.5 Å². The van der Waals surface area contributed by atoms with Crippen LogP contribution in [0.2, 0.25) is 0 Å². The molecule has 3 N–H and O–H groups in total. The number of hydrogen-bond donors (Lipinski definition) is 3. The fraction of sp³-hybridized carbons (Fsp3) is 0.395. The fourth-order valence-electron chi connectivity index (χ4n) is 5.70. The third kappa shape index (κ3) is 15.4. The topological polar surface area (TPSA) is 134 Å². The molecule has 0 bridgehead atoms. The number of urea groups is 1. The molecular weight excluding hydrogens is 697 g/mol. The molecule has 0 spiro atoms. The van der Waals surface area contributed by atoms with Crippen LogP contribution in [0, 0.1) is 12.3 Å². The van der Waals surface area contributed by atoms with Gasteiger partial charge >= 0.3 is 6.03 Å². The molecule has 0 aliphatic carbocycles. The predicted molar refractivity (Wildman–Crippen MR) is 217 cm³/mol. The van der Waals surface area contributed by atoms with Crippen molar-refractivity contribution < 1.29 is 28.6 Å². The van der Waals surface area contributed by atoms with Gasteiger partial charge in [-0.15, -0.1) is 6.42 Å². The number of terminal acetylenes is 1. The Morgan fingerprint density at radius 3 is 2.25 bits per heavy atom. The van der Waals surface area contributed by atoms with Crippen molar-refractivity contribution in [1.82, 2.24) is 26.0 Å². The number of rotatable bonds is 21. The lowest BCUT2D eigenvalue weighted by molar-refractivity contribution is -0.161. The summed E-state index contributed by atoms with van der Waals surface area (Å²) in [6, 6.07) is 20.9. The number of nitrogens with zero attached hydrogens (tertiary/aromatic N) is 3. The Balaban J connectivity index is 1.95. The van der Waals surface area contributed by atoms with E-state index in [4.69, 9.17) is 20.6 Å². The number of allylic oxidation sites excluding steroid dienone is 1. The molecule has 4 amide bonds. The predicted octanol–water partition coefficient (Wildman–Crippen LogP) is 6.03. The minimum atomic E-state index is -1.03. The minimum absolute atomic E-state index is 0.0576. The number of nitrogens with one attached hydrogen (secondary N) is 3. The molecular formula is C43H56N6O6. The Bertz CT molecular complexity index is 1740. The fourth-order valence-corrected chi connectivity index (χ4v) is 5.70. The van der Waals surface area contributed by atoms with Crippen LogP contribution < -0.4 is 20.8 Å². The van der Waals surface area contributed by atoms with Crippen LogP contribution in [-0.4, -0.2) is 85.3 Å². The monoisotopic (exact) mass is 752 g/mol. The molecule has 0 unspecified atom stereocenters. The Kier molecular flexibility index (Phi) is 18.1. The van der Waals surface area contributed by atoms with Gasteiger partial charge in [-0.25, -0.2) is 4.79 Å². The van der Waals surface area contributed by atoms with Crippen LogP contribution in [0.15, 0.2) is 83.9 Å². The van der Waals surface area contributed by atoms with Gasteiger partial charge < -0.3 is 29.7 Å². The zero-order chi connectivity index (χ0) is 40.2. The Morgan fingerprint density at radius 2 is 1.65 bits per heavy atom. The van der Waals surface area contributed by atoms with E-state index in [1.165, 1.54) is 5.01 Å². The summed E-state index contributed by atoms with van der Waals surface area (Å²) in [6.45, 7) is 16.1. The van der Waals surface area contributed by atoms with Crippen LogP contribution in [0.3, 0.4) is 0 Å². The van der Waals surface area contributed by atoms with Gasteiger partial charge in [0.05, 0.1) is 25.3 Å². The second kappa shape index (κ2) is 22.7. The van der Waals surface area contributed by atoms with E-state index in [0.29, 0.717) is 24.7 Å². The lowest BCUT2D eigenvalue weighted by Gasteiger charge is -2.32. The third-order valence-electron chi connectivity index (χ3n) is 8.02. The van der Waals surface area contributed by atoms with Gasteiger partial charge in [-0.2, -0.15) is 5.01 Å². The molecule has 0 aliphatic heterocycles. The molecule has 0 saturated heterocycles. The van der Waals surface area contributed by atoms with Crippen LogP contribution in [0.25, 0.3) is 6.08 Å². The van der Waals surface area contributed by atoms with Gasteiger partial charge in [-0.1, -0.05) is 72.7 Å². The highest BCUT2D eigenvalue weighted by Gasteiger charge is 2.30. The molecule has 3 aromatic carbocycles. The SMILES string of the molecule is C#CCN(CC(=O)N[C@@H](Cc1ccc(OC(C)(C)C)cc1)C(=O)N(Cc1cccc(N=C)c1/C=C\C)CC(OCC)OCC)NC(=O)NCc1ccccc1. The summed E-state index contributed by atoms with van der Waals surface area (Å²) in [5, 5.41) is 7.01. The average molecular weight is 753 g/mol. The van der Waals surface area contributed by atoms with Crippen LogP contribution in [-0.2, 0) is 38.6 Å². The first kappa shape index (κ1) is 43.9. The highest BCUT2D eigenvalue weighted by atomic mass is 16.7. The van der Waals surface area contributed by atoms with Gasteiger partial charge in [0.15, 0.2) is 6.29 Å². The summed E-state index contributed by atoms with van der Waals surface area (Å²) < 4.78 is 17.8. The number of ether oxygens (including phenoxy) is 3. The van der Waals surface area contributed by atoms with Gasteiger partial charge in [0, 0.05) is 38.3 Å². The first-order valence-electron chi connectivity index (χ1n) is 18.5. The Labute approximate surface area is 326 Å². The molecule has 1 atom stereocenters. The van der Waals surface area contributed by atoms with E-state index in [0.717, 1.165) is 22.3 Å². The van der Waals surface area contributed by atoms with E-state index in [1.807, 2.05) is 126 Å². The summed E-state index contributed by atoms with van der Waals surface area (Å²) >= 11 is 0. The third-order valence-corrected chi connectivity index (χ3v) is 8.02. The summed E-state index contributed by atoms with van der Waals surface area (Å²) in [4.78, 5) is 47.2. The first-order valence-corrected chi connectivity index (χ1v) is 18.5. The van der Waals surface area contributed by atoms with E-state index in [-0.39, 0.29) is 45.1 Å². The van der Waals surface area contributed by atoms with E-state index in [2.05, 4.69) is 33.7 Å². The maximum Gasteiger partial charge on any atom is 0.329 e. The summed E-state index contributed by atoms with van der Waals surface area (Å²) in [6.07, 6.45) is 8.86. The lowest BCUT2D eigenvalue weighted by atomic mass is 10.0. The van der Waals surface area contributed by atoms with Crippen LogP contribution in [0.5, 0.6) is 5.75 Å². The molecule has 3 rings (SSSR count). The normalized spacial score (nSPS) is 11.9. The van der Waals surface area contributed by atoms with Gasteiger partial charge in [-0.05, 0) is 83.1 Å². The van der Waals surface area contributed by atoms with Gasteiger partial charge in [0.25, 0.3) is 0 Å². The first-order chi connectivity index (χ1) is 26.4. The van der Waals surface area contributed by atoms with Crippen molar-refractivity contribution in [2.75, 3.05) is 32.8 Å². The number of amides is 4. The van der Waals surface area contributed by atoms with Crippen molar-refractivity contribution in [3.63, 3.8) is 0 Å². The van der Waals surface area contributed by atoms with Crippen LogP contribution >= 0.6 is 0 Å². The zero-order valence-corrected chi connectivity index (χ0v) is 33.0. The van der Waals surface area contributed by atoms with Gasteiger partial charge in [-0.3, -0.25) is 20.0 Å². The number of carbonyl (C=O) groups excluding carboxylic acids is 3. The van der Waals surface area contributed by atoms with E-state index < -0.39 is 29.9 Å². The van der Waals surface area contributed by atoms with Gasteiger partial charge in [0.1, 0.15) is 17.4 Å². The lowest BCUT2D eigenvalue weighted by Crippen LogP contribution is -2.55. The molecule has 0 aromatic heterocycles. The van der Waals surface area contributed by atoms with E-state index >= 15 is 0 Å². The standard InChI is InChI=1S/C43H56N6O6/c1-9-17-36-34(20-16-21-37(36)44-8)29-48(31-40(53-11-3)54-12-4)41(51)38(27-32-22-24-35(25-23-32)55-43(5,6)7)46-39(50)30-49(26-10-2)47-42(52)45-28-33-18-14-13-15-19-33/h2,9,13-25,38,40H,8,11-12,26-31H2,1,3-7H3,(H,46,50)(H2,45,47,52)/b17-9-/t38-/m0/s1.